The van der Waals surface area contributed by atoms with Gasteiger partial charge in [-0.25, -0.2) is 4.79 Å². The Hall–Kier alpha value is -2.49. The molecule has 2 amide bonds. The first-order valence-corrected chi connectivity index (χ1v) is 10.5. The van der Waals surface area contributed by atoms with E-state index in [9.17, 15) is 4.79 Å². The Morgan fingerprint density at radius 2 is 1.68 bits per heavy atom. The Bertz CT molecular complexity index is 764. The smallest absolute Gasteiger partial charge is 0.323 e. The Labute approximate surface area is 169 Å². The normalized spacial score (nSPS) is 14.7. The van der Waals surface area contributed by atoms with E-state index >= 15 is 0 Å². The zero-order chi connectivity index (χ0) is 19.9. The molecule has 3 rings (SSSR count). The summed E-state index contributed by atoms with van der Waals surface area (Å²) in [6, 6.07) is 16.4. The molecule has 28 heavy (non-hydrogen) atoms. The summed E-state index contributed by atoms with van der Waals surface area (Å²) in [5, 5.41) is 6.01. The minimum Gasteiger partial charge on any atom is -0.367 e. The number of hydrogen-bond donors (Lipinski definition) is 2. The third-order valence-electron chi connectivity index (χ3n) is 5.35. The van der Waals surface area contributed by atoms with Crippen molar-refractivity contribution in [1.82, 2.24) is 0 Å². The third-order valence-corrected chi connectivity index (χ3v) is 5.35. The number of amides is 2. The molecule has 1 aliphatic rings. The predicted octanol–water partition coefficient (Wildman–Crippen LogP) is 6.43. The van der Waals surface area contributed by atoms with Gasteiger partial charge >= 0.3 is 6.03 Å². The molecule has 0 heterocycles. The molecule has 1 saturated carbocycles. The van der Waals surface area contributed by atoms with Crippen LogP contribution in [-0.4, -0.2) is 18.6 Å². The third kappa shape index (κ3) is 5.51. The lowest BCUT2D eigenvalue weighted by atomic mass is 9.93. The first-order valence-electron chi connectivity index (χ1n) is 10.5. The van der Waals surface area contributed by atoms with Crippen LogP contribution in [-0.2, 0) is 0 Å². The number of benzene rings is 2. The molecule has 2 aromatic carbocycles. The Morgan fingerprint density at radius 1 is 1.00 bits per heavy atom. The molecule has 0 bridgehead atoms. The topological polar surface area (TPSA) is 44.4 Å². The molecule has 0 radical (unpaired) electrons. The number of hydrogen-bond acceptors (Lipinski definition) is 2. The molecule has 0 aliphatic heterocycles. The van der Waals surface area contributed by atoms with Crippen molar-refractivity contribution in [1.29, 1.82) is 0 Å². The first kappa shape index (κ1) is 20.2. The lowest BCUT2D eigenvalue weighted by Crippen LogP contribution is -2.40. The van der Waals surface area contributed by atoms with Crippen LogP contribution in [0.25, 0.3) is 0 Å². The quantitative estimate of drug-likeness (QED) is 0.607. The number of aryl methyl sites for hydroxylation is 1. The maximum absolute atomic E-state index is 12.6. The van der Waals surface area contributed by atoms with Gasteiger partial charge in [-0.3, -0.25) is 0 Å². The Balaban J connectivity index is 1.77. The molecule has 1 aliphatic carbocycles. The Morgan fingerprint density at radius 3 is 2.36 bits per heavy atom. The van der Waals surface area contributed by atoms with Gasteiger partial charge in [0, 0.05) is 18.3 Å². The maximum atomic E-state index is 12.6. The van der Waals surface area contributed by atoms with Gasteiger partial charge < -0.3 is 15.5 Å². The number of rotatable bonds is 6. The van der Waals surface area contributed by atoms with Crippen LogP contribution in [0, 0.1) is 12.8 Å². The monoisotopic (exact) mass is 379 g/mol. The van der Waals surface area contributed by atoms with Crippen molar-refractivity contribution < 1.29 is 4.79 Å². The van der Waals surface area contributed by atoms with Crippen molar-refractivity contribution >= 4 is 23.1 Å². The highest BCUT2D eigenvalue weighted by atomic mass is 16.2. The number of nitrogens with zero attached hydrogens (tertiary/aromatic N) is 1. The van der Waals surface area contributed by atoms with E-state index < -0.39 is 0 Å². The summed E-state index contributed by atoms with van der Waals surface area (Å²) in [5.74, 6) is 0.566. The average Bonchev–Trinajstić information content (AvgIpc) is 2.69. The summed E-state index contributed by atoms with van der Waals surface area (Å²) in [4.78, 5) is 15.1. The summed E-state index contributed by atoms with van der Waals surface area (Å²) in [6.45, 7) is 7.56. The van der Waals surface area contributed by atoms with Gasteiger partial charge in [0.15, 0.2) is 0 Å². The molecular formula is C24H33N3O. The van der Waals surface area contributed by atoms with Crippen molar-refractivity contribution in [3.63, 3.8) is 0 Å². The second-order valence-corrected chi connectivity index (χ2v) is 8.30. The minimum atomic E-state index is -0.204. The minimum absolute atomic E-state index is 0.204. The van der Waals surface area contributed by atoms with E-state index in [2.05, 4.69) is 41.5 Å². The fraction of sp³-hybridized carbons (Fsp3) is 0.458. The Kier molecular flexibility index (Phi) is 6.96. The summed E-state index contributed by atoms with van der Waals surface area (Å²) in [5.41, 5.74) is 3.97. The molecule has 0 aromatic heterocycles. The molecular weight excluding hydrogens is 346 g/mol. The molecule has 4 heteroatoms. The summed E-state index contributed by atoms with van der Waals surface area (Å²) < 4.78 is 0. The van der Waals surface area contributed by atoms with Crippen LogP contribution < -0.4 is 15.5 Å². The number of urea groups is 1. The fourth-order valence-corrected chi connectivity index (χ4v) is 3.98. The molecule has 1 fully saturated rings. The van der Waals surface area contributed by atoms with Gasteiger partial charge in [0.05, 0.1) is 11.4 Å². The van der Waals surface area contributed by atoms with Gasteiger partial charge in [-0.05, 0) is 49.9 Å². The van der Waals surface area contributed by atoms with Crippen LogP contribution in [0.15, 0.2) is 48.5 Å². The van der Waals surface area contributed by atoms with Crippen LogP contribution in [0.4, 0.5) is 21.9 Å². The molecule has 0 spiro atoms. The van der Waals surface area contributed by atoms with Crippen molar-refractivity contribution in [2.45, 2.75) is 58.9 Å². The number of carbonyl (C=O) groups is 1. The summed E-state index contributed by atoms with van der Waals surface area (Å²) in [7, 11) is 0. The molecule has 0 unspecified atom stereocenters. The SMILES string of the molecule is Cc1ccc(NC(=O)Nc2ccccc2N(CC(C)C)C2CCCCC2)cc1. The van der Waals surface area contributed by atoms with Crippen LogP contribution >= 0.6 is 0 Å². The van der Waals surface area contributed by atoms with E-state index in [-0.39, 0.29) is 6.03 Å². The second kappa shape index (κ2) is 9.63. The van der Waals surface area contributed by atoms with Gasteiger partial charge in [0.25, 0.3) is 0 Å². The van der Waals surface area contributed by atoms with Crippen LogP contribution in [0.5, 0.6) is 0 Å². The highest BCUT2D eigenvalue weighted by Crippen LogP contribution is 2.33. The van der Waals surface area contributed by atoms with Gasteiger partial charge in [-0.1, -0.05) is 62.9 Å². The predicted molar refractivity (Wildman–Crippen MR) is 119 cm³/mol. The lowest BCUT2D eigenvalue weighted by molar-refractivity contribution is 0.262. The number of anilines is 3. The molecule has 2 aromatic rings. The van der Waals surface area contributed by atoms with Crippen molar-refractivity contribution in [2.75, 3.05) is 22.1 Å². The van der Waals surface area contributed by atoms with E-state index in [0.717, 1.165) is 23.6 Å². The van der Waals surface area contributed by atoms with Crippen molar-refractivity contribution in [2.24, 2.45) is 5.92 Å². The number of nitrogens with one attached hydrogen (secondary N) is 2. The number of carbonyl (C=O) groups excluding carboxylic acids is 1. The van der Waals surface area contributed by atoms with Gasteiger partial charge in [0.1, 0.15) is 0 Å². The van der Waals surface area contributed by atoms with Gasteiger partial charge in [0.2, 0.25) is 0 Å². The van der Waals surface area contributed by atoms with E-state index in [4.69, 9.17) is 0 Å². The first-order chi connectivity index (χ1) is 13.5. The maximum Gasteiger partial charge on any atom is 0.323 e. The van der Waals surface area contributed by atoms with Crippen LogP contribution in [0.1, 0.15) is 51.5 Å². The van der Waals surface area contributed by atoms with Crippen LogP contribution in [0.2, 0.25) is 0 Å². The molecule has 2 N–H and O–H groups in total. The van der Waals surface area contributed by atoms with E-state index in [1.54, 1.807) is 0 Å². The van der Waals surface area contributed by atoms with Crippen LogP contribution in [0.3, 0.4) is 0 Å². The van der Waals surface area contributed by atoms with Crippen molar-refractivity contribution in [3.05, 3.63) is 54.1 Å². The average molecular weight is 380 g/mol. The summed E-state index contributed by atoms with van der Waals surface area (Å²) in [6.07, 6.45) is 6.39. The van der Waals surface area contributed by atoms with E-state index in [0.29, 0.717) is 12.0 Å². The molecule has 0 saturated heterocycles. The lowest BCUT2D eigenvalue weighted by Gasteiger charge is -2.38. The second-order valence-electron chi connectivity index (χ2n) is 8.30. The highest BCUT2D eigenvalue weighted by molar-refractivity contribution is 6.01. The standard InChI is InChI=1S/C24H33N3O/c1-18(2)17-27(21-9-5-4-6-10-21)23-12-8-7-11-22(23)26-24(28)25-20-15-13-19(3)14-16-20/h7-8,11-16,18,21H,4-6,9-10,17H2,1-3H3,(H2,25,26,28). The van der Waals surface area contributed by atoms with E-state index in [1.165, 1.54) is 37.7 Å². The van der Waals surface area contributed by atoms with Gasteiger partial charge in [-0.2, -0.15) is 0 Å². The fourth-order valence-electron chi connectivity index (χ4n) is 3.98. The van der Waals surface area contributed by atoms with Gasteiger partial charge in [-0.15, -0.1) is 0 Å². The molecule has 150 valence electrons. The zero-order valence-electron chi connectivity index (χ0n) is 17.4. The van der Waals surface area contributed by atoms with E-state index in [1.807, 2.05) is 43.3 Å². The van der Waals surface area contributed by atoms with Crippen molar-refractivity contribution in [3.8, 4) is 0 Å². The summed E-state index contributed by atoms with van der Waals surface area (Å²) >= 11 is 0. The zero-order valence-corrected chi connectivity index (χ0v) is 17.4. The largest absolute Gasteiger partial charge is 0.367 e. The molecule has 0 atom stereocenters. The highest BCUT2D eigenvalue weighted by Gasteiger charge is 2.24. The number of para-hydroxylation sites is 2. The molecule has 4 nitrogen and oxygen atoms in total.